The van der Waals surface area contributed by atoms with E-state index < -0.39 is 11.4 Å². The van der Waals surface area contributed by atoms with E-state index in [0.29, 0.717) is 26.4 Å². The van der Waals surface area contributed by atoms with Crippen LogP contribution in [-0.2, 0) is 23.7 Å². The van der Waals surface area contributed by atoms with Gasteiger partial charge in [-0.2, -0.15) is 0 Å². The van der Waals surface area contributed by atoms with Crippen LogP contribution in [0.5, 0.6) is 0 Å². The zero-order valence-corrected chi connectivity index (χ0v) is 10.7. The summed E-state index contributed by atoms with van der Waals surface area (Å²) in [7, 11) is 3.13. The van der Waals surface area contributed by atoms with E-state index >= 15 is 0 Å². The molecule has 0 spiro atoms. The lowest BCUT2D eigenvalue weighted by atomic mass is 9.93. The zero-order valence-electron chi connectivity index (χ0n) is 10.7. The Morgan fingerprint density at radius 1 is 1.00 bits per heavy atom. The van der Waals surface area contributed by atoms with Crippen molar-refractivity contribution in [2.24, 2.45) is 5.41 Å². The van der Waals surface area contributed by atoms with E-state index in [1.807, 2.05) is 0 Å². The summed E-state index contributed by atoms with van der Waals surface area (Å²) in [5.41, 5.74) is -1.04. The van der Waals surface area contributed by atoms with E-state index in [-0.39, 0.29) is 13.2 Å². The van der Waals surface area contributed by atoms with Gasteiger partial charge in [-0.05, 0) is 6.92 Å². The monoisotopic (exact) mass is 250 g/mol. The van der Waals surface area contributed by atoms with Crippen LogP contribution in [0.3, 0.4) is 0 Å². The minimum atomic E-state index is -1.04. The van der Waals surface area contributed by atoms with Crippen molar-refractivity contribution in [3.63, 3.8) is 0 Å². The summed E-state index contributed by atoms with van der Waals surface area (Å²) >= 11 is 0. The number of methoxy groups -OCH3 is 2. The highest BCUT2D eigenvalue weighted by atomic mass is 16.5. The molecule has 0 aromatic heterocycles. The van der Waals surface area contributed by atoms with Crippen LogP contribution in [0, 0.1) is 5.41 Å². The van der Waals surface area contributed by atoms with E-state index in [1.54, 1.807) is 21.1 Å². The number of rotatable bonds is 11. The Kier molecular flexibility index (Phi) is 8.97. The maximum absolute atomic E-state index is 11.1. The zero-order chi connectivity index (χ0) is 13.1. The number of aliphatic carboxylic acids is 1. The Labute approximate surface area is 102 Å². The van der Waals surface area contributed by atoms with Crippen molar-refractivity contribution >= 4 is 5.97 Å². The lowest BCUT2D eigenvalue weighted by Crippen LogP contribution is -2.38. The molecule has 0 aliphatic carbocycles. The molecule has 0 bridgehead atoms. The second-order valence-corrected chi connectivity index (χ2v) is 3.96. The molecule has 102 valence electrons. The van der Waals surface area contributed by atoms with Gasteiger partial charge in [-0.1, -0.05) is 0 Å². The van der Waals surface area contributed by atoms with Gasteiger partial charge in [0, 0.05) is 14.2 Å². The first-order chi connectivity index (χ1) is 8.06. The van der Waals surface area contributed by atoms with E-state index in [4.69, 9.17) is 24.1 Å². The van der Waals surface area contributed by atoms with Crippen molar-refractivity contribution in [1.29, 1.82) is 0 Å². The standard InChI is InChI=1S/C11H22O6/c1-11(10(12)13,8-16-6-4-14-2)9-17-7-5-15-3/h4-9H2,1-3H3,(H,12,13). The molecule has 0 aromatic rings. The highest BCUT2D eigenvalue weighted by Crippen LogP contribution is 2.17. The molecule has 0 rings (SSSR count). The lowest BCUT2D eigenvalue weighted by Gasteiger charge is -2.24. The van der Waals surface area contributed by atoms with E-state index in [0.717, 1.165) is 0 Å². The summed E-state index contributed by atoms with van der Waals surface area (Å²) in [5, 5.41) is 9.12. The molecular weight excluding hydrogens is 228 g/mol. The molecule has 0 aliphatic rings. The molecule has 0 heterocycles. The molecule has 0 amide bonds. The van der Waals surface area contributed by atoms with Crippen molar-refractivity contribution in [3.8, 4) is 0 Å². The van der Waals surface area contributed by atoms with Crippen LogP contribution in [0.25, 0.3) is 0 Å². The molecule has 0 unspecified atom stereocenters. The van der Waals surface area contributed by atoms with Crippen LogP contribution >= 0.6 is 0 Å². The minimum absolute atomic E-state index is 0.0959. The van der Waals surface area contributed by atoms with Crippen LogP contribution in [0.2, 0.25) is 0 Å². The van der Waals surface area contributed by atoms with Crippen molar-refractivity contribution in [2.45, 2.75) is 6.92 Å². The number of hydrogen-bond acceptors (Lipinski definition) is 5. The SMILES string of the molecule is COCCOCC(C)(COCCOC)C(=O)O. The lowest BCUT2D eigenvalue weighted by molar-refractivity contribution is -0.157. The first kappa shape index (κ1) is 16.3. The van der Waals surface area contributed by atoms with Crippen LogP contribution in [0.1, 0.15) is 6.92 Å². The summed E-state index contributed by atoms with van der Waals surface area (Å²) in [6, 6.07) is 0. The van der Waals surface area contributed by atoms with Crippen LogP contribution in [0.4, 0.5) is 0 Å². The van der Waals surface area contributed by atoms with Crippen LogP contribution < -0.4 is 0 Å². The fraction of sp³-hybridized carbons (Fsp3) is 0.909. The molecule has 1 N–H and O–H groups in total. The molecule has 0 saturated carbocycles. The van der Waals surface area contributed by atoms with Crippen LogP contribution in [0.15, 0.2) is 0 Å². The Morgan fingerprint density at radius 3 is 1.71 bits per heavy atom. The molecule has 0 saturated heterocycles. The molecule has 6 heteroatoms. The van der Waals surface area contributed by atoms with E-state index in [2.05, 4.69) is 0 Å². The van der Waals surface area contributed by atoms with E-state index in [9.17, 15) is 4.79 Å². The molecule has 0 radical (unpaired) electrons. The average molecular weight is 250 g/mol. The number of ether oxygens (including phenoxy) is 4. The van der Waals surface area contributed by atoms with Gasteiger partial charge in [0.05, 0.1) is 39.6 Å². The van der Waals surface area contributed by atoms with Crippen LogP contribution in [-0.4, -0.2) is 64.9 Å². The average Bonchev–Trinajstić information content (AvgIpc) is 2.30. The van der Waals surface area contributed by atoms with Gasteiger partial charge in [-0.3, -0.25) is 4.79 Å². The number of carboxylic acid groups (broad SMARTS) is 1. The Bertz CT molecular complexity index is 194. The Morgan fingerprint density at radius 2 is 1.41 bits per heavy atom. The third-order valence-electron chi connectivity index (χ3n) is 2.22. The topological polar surface area (TPSA) is 74.2 Å². The Hall–Kier alpha value is -0.690. The number of carbonyl (C=O) groups is 1. The third-order valence-corrected chi connectivity index (χ3v) is 2.22. The normalized spacial score (nSPS) is 11.7. The first-order valence-electron chi connectivity index (χ1n) is 5.43. The molecule has 17 heavy (non-hydrogen) atoms. The second kappa shape index (κ2) is 9.35. The number of hydrogen-bond donors (Lipinski definition) is 1. The predicted molar refractivity (Wildman–Crippen MR) is 61.1 cm³/mol. The second-order valence-electron chi connectivity index (χ2n) is 3.96. The summed E-state index contributed by atoms with van der Waals surface area (Å²) in [5.74, 6) is -0.938. The van der Waals surface area contributed by atoms with Gasteiger partial charge in [0.15, 0.2) is 0 Å². The fourth-order valence-corrected chi connectivity index (χ4v) is 1.04. The summed E-state index contributed by atoms with van der Waals surface area (Å²) in [4.78, 5) is 11.1. The maximum atomic E-state index is 11.1. The molecule has 6 nitrogen and oxygen atoms in total. The minimum Gasteiger partial charge on any atom is -0.481 e. The van der Waals surface area contributed by atoms with Crippen molar-refractivity contribution in [2.75, 3.05) is 53.9 Å². The smallest absolute Gasteiger partial charge is 0.314 e. The van der Waals surface area contributed by atoms with Crippen molar-refractivity contribution < 1.29 is 28.8 Å². The quantitative estimate of drug-likeness (QED) is 0.535. The first-order valence-corrected chi connectivity index (χ1v) is 5.43. The van der Waals surface area contributed by atoms with Gasteiger partial charge in [0.2, 0.25) is 0 Å². The summed E-state index contributed by atoms with van der Waals surface area (Å²) in [6.45, 7) is 3.42. The van der Waals surface area contributed by atoms with Gasteiger partial charge in [-0.15, -0.1) is 0 Å². The van der Waals surface area contributed by atoms with Gasteiger partial charge >= 0.3 is 5.97 Å². The molecule has 0 atom stereocenters. The summed E-state index contributed by atoms with van der Waals surface area (Å²) < 4.78 is 20.1. The van der Waals surface area contributed by atoms with Gasteiger partial charge in [-0.25, -0.2) is 0 Å². The summed E-state index contributed by atoms with van der Waals surface area (Å²) in [6.07, 6.45) is 0. The van der Waals surface area contributed by atoms with E-state index in [1.165, 1.54) is 0 Å². The van der Waals surface area contributed by atoms with Crippen molar-refractivity contribution in [1.82, 2.24) is 0 Å². The fourth-order valence-electron chi connectivity index (χ4n) is 1.04. The van der Waals surface area contributed by atoms with Gasteiger partial charge < -0.3 is 24.1 Å². The maximum Gasteiger partial charge on any atom is 0.314 e. The van der Waals surface area contributed by atoms with Crippen molar-refractivity contribution in [3.05, 3.63) is 0 Å². The highest BCUT2D eigenvalue weighted by Gasteiger charge is 2.34. The Balaban J connectivity index is 3.94. The molecule has 0 aromatic carbocycles. The highest BCUT2D eigenvalue weighted by molar-refractivity contribution is 5.74. The molecular formula is C11H22O6. The largest absolute Gasteiger partial charge is 0.481 e. The predicted octanol–water partition coefficient (Wildman–Crippen LogP) is 0.403. The van der Waals surface area contributed by atoms with Gasteiger partial charge in [0.1, 0.15) is 5.41 Å². The van der Waals surface area contributed by atoms with Gasteiger partial charge in [0.25, 0.3) is 0 Å². The third kappa shape index (κ3) is 7.27. The molecule has 0 aliphatic heterocycles. The molecule has 0 fully saturated rings. The number of carboxylic acids is 1.